The van der Waals surface area contributed by atoms with Gasteiger partial charge in [-0.3, -0.25) is 0 Å². The molecule has 0 nitrogen and oxygen atoms in total. The van der Waals surface area contributed by atoms with E-state index in [1.807, 2.05) is 12.1 Å². The molecule has 21 radical (unpaired) electrons. The normalized spacial score (nSPS) is 4.06. The molecule has 0 fully saturated rings. The van der Waals surface area contributed by atoms with Gasteiger partial charge in [0.1, 0.15) is 0 Å². The fourth-order valence-electron chi connectivity index (χ4n) is 1.41. The molecule has 0 bridgehead atoms. The zero-order valence-corrected chi connectivity index (χ0v) is 80.2. The maximum absolute atomic E-state index is 3.25. The van der Waals surface area contributed by atoms with Gasteiger partial charge in [0.05, 0.1) is 0 Å². The van der Waals surface area contributed by atoms with E-state index in [0.29, 0.717) is 0 Å². The zero-order chi connectivity index (χ0) is 9.97. The van der Waals surface area contributed by atoms with Crippen LogP contribution in [-0.2, 0) is 687 Å². The maximum atomic E-state index is 3.25. The number of hydrogen-bond acceptors (Lipinski definition) is 0. The van der Waals surface area contributed by atoms with Gasteiger partial charge in [0.25, 0.3) is 0 Å². The van der Waals surface area contributed by atoms with Gasteiger partial charge in [0.15, 0.2) is 0 Å². The summed E-state index contributed by atoms with van der Waals surface area (Å²) in [5.74, 6) is 0. The Balaban J connectivity index is -0.00000000595. The summed E-state index contributed by atoms with van der Waals surface area (Å²) >= 11 is 0. The van der Waals surface area contributed by atoms with E-state index in [0.717, 1.165) is 11.1 Å². The van der Waals surface area contributed by atoms with Gasteiger partial charge in [-0.1, -0.05) is 13.8 Å². The summed E-state index contributed by atoms with van der Waals surface area (Å²) in [4.78, 5) is 0. The Hall–Kier alpha value is 21.6. The molecule has 0 aliphatic carbocycles. The molecular weight excluding hydrogens is 2040 g/mol. The quantitative estimate of drug-likeness (QED) is 0.385. The summed E-state index contributed by atoms with van der Waals surface area (Å²) in [6.45, 7) is 4.16. The first kappa shape index (κ1) is 131. The Labute approximate surface area is 744 Å². The largest absolute Gasteiger partial charge is 0.226 e. The van der Waals surface area contributed by atoms with E-state index in [1.165, 1.54) is 11.1 Å². The fourth-order valence-corrected chi connectivity index (χ4v) is 1.41. The predicted octanol–water partition coefficient (Wildman–Crippen LogP) is 3.52. The van der Waals surface area contributed by atoms with E-state index in [9.17, 15) is 0 Å². The number of hydrogen-bond donors (Lipinski definition) is 0. The average Bonchev–Trinajstić information content (AvgIpc) is 2.19. The van der Waals surface area contributed by atoms with Crippen molar-refractivity contribution in [2.24, 2.45) is 0 Å². The fraction of sp³-hybridized carbons (Fsp3) is 0.143. The molecule has 0 unspecified atom stereocenters. The van der Waals surface area contributed by atoms with Crippen LogP contribution in [0.2, 0.25) is 0 Å². The molecule has 2 aromatic rings. The molecule has 0 aliphatic rings. The Kier molecular flexibility index (Phi) is 357. The van der Waals surface area contributed by atoms with Crippen molar-refractivity contribution in [1.29, 1.82) is 0 Å². The smallest absolute Gasteiger partial charge is 0 e. The molecule has 0 saturated heterocycles. The van der Waals surface area contributed by atoms with Gasteiger partial charge < -0.3 is 0 Å². The first-order valence-electron chi connectivity index (χ1n) is 4.73. The van der Waals surface area contributed by atoms with Crippen molar-refractivity contribution in [2.45, 2.75) is 13.8 Å². The van der Waals surface area contributed by atoms with Gasteiger partial charge in [-0.25, -0.2) is 11.1 Å². The molecule has 0 saturated carbocycles. The van der Waals surface area contributed by atoms with E-state index < -0.39 is 0 Å². The Morgan fingerprint density at radius 1 is 0.371 bits per heavy atom. The van der Waals surface area contributed by atoms with Crippen molar-refractivity contribution in [2.75, 3.05) is 0 Å². The molecule has 2 rings (SSSR count). The third-order valence-electron chi connectivity index (χ3n) is 2.22. The van der Waals surface area contributed by atoms with E-state index in [-0.39, 0.29) is 687 Å². The molecule has 0 aliphatic heterocycles. The molecule has 21 heteroatoms. The van der Waals surface area contributed by atoms with Gasteiger partial charge in [-0.15, -0.1) is 17.2 Å². The minimum atomic E-state index is 0. The molecular formula is C14H12Y21-2. The van der Waals surface area contributed by atoms with Crippen LogP contribution in [0, 0.1) is 26.0 Å². The zero-order valence-electron chi connectivity index (χ0n) is 20.6. The second kappa shape index (κ2) is 95.8. The molecule has 133 valence electrons. The minimum Gasteiger partial charge on any atom is -0.226 e. The second-order valence-corrected chi connectivity index (χ2v) is 3.56. The maximum Gasteiger partial charge on any atom is 0 e. The number of aryl methyl sites for hydroxylation is 2. The van der Waals surface area contributed by atoms with Crippen LogP contribution in [0.25, 0.3) is 11.1 Å². The van der Waals surface area contributed by atoms with Crippen molar-refractivity contribution in [3.05, 3.63) is 59.7 Å². The van der Waals surface area contributed by atoms with Crippen molar-refractivity contribution in [3.8, 4) is 11.1 Å². The Bertz CT molecular complexity index is 458. The summed E-state index contributed by atoms with van der Waals surface area (Å²) in [7, 11) is 0. The first-order chi connectivity index (χ1) is 6.75. The monoisotopic (exact) mass is 2050 g/mol. The third-order valence-corrected chi connectivity index (χ3v) is 2.22. The van der Waals surface area contributed by atoms with Gasteiger partial charge in [-0.05, 0) is 0 Å². The van der Waals surface area contributed by atoms with Crippen LogP contribution >= 0.6 is 0 Å². The van der Waals surface area contributed by atoms with Gasteiger partial charge in [0.2, 0.25) is 0 Å². The van der Waals surface area contributed by atoms with Crippen LogP contribution < -0.4 is 0 Å². The number of benzene rings is 2. The van der Waals surface area contributed by atoms with Crippen LogP contribution in [0.5, 0.6) is 0 Å². The Morgan fingerprint density at radius 2 is 0.714 bits per heavy atom. The van der Waals surface area contributed by atoms with Crippen molar-refractivity contribution in [3.63, 3.8) is 0 Å². The van der Waals surface area contributed by atoms with Crippen LogP contribution in [-0.4, -0.2) is 0 Å². The molecule has 0 N–H and O–H groups in total. The molecule has 0 atom stereocenters. The van der Waals surface area contributed by atoms with Crippen molar-refractivity contribution in [1.82, 2.24) is 0 Å². The molecule has 2 aromatic carbocycles. The molecule has 0 amide bonds. The molecule has 0 spiro atoms. The van der Waals surface area contributed by atoms with Gasteiger partial charge in [0, 0.05) is 687 Å². The summed E-state index contributed by atoms with van der Waals surface area (Å²) in [6.07, 6.45) is 0. The first-order valence-corrected chi connectivity index (χ1v) is 4.73. The second-order valence-electron chi connectivity index (χ2n) is 3.56. The minimum absolute atomic E-state index is 0. The number of rotatable bonds is 1. The third kappa shape index (κ3) is 76.8. The van der Waals surface area contributed by atoms with E-state index in [2.05, 4.69) is 50.2 Å². The SMILES string of the molecule is Cc1c[c-]c(-c2[c-]ccc(C)c2)cc1.[Y].[Y].[Y].[Y].[Y].[Y].[Y].[Y].[Y].[Y].[Y].[Y].[Y].[Y].[Y].[Y].[Y].[Y].[Y].[Y].[Y]. The van der Waals surface area contributed by atoms with Crippen LogP contribution in [0.1, 0.15) is 11.1 Å². The molecule has 35 heavy (non-hydrogen) atoms. The van der Waals surface area contributed by atoms with Crippen molar-refractivity contribution >= 4 is 0 Å². The average molecular weight is 2050 g/mol. The summed E-state index contributed by atoms with van der Waals surface area (Å²) in [5.41, 5.74) is 4.72. The van der Waals surface area contributed by atoms with E-state index >= 15 is 0 Å². The summed E-state index contributed by atoms with van der Waals surface area (Å²) in [6, 6.07) is 18.8. The van der Waals surface area contributed by atoms with E-state index in [1.54, 1.807) is 0 Å². The van der Waals surface area contributed by atoms with Crippen LogP contribution in [0.15, 0.2) is 36.4 Å². The molecule has 0 aromatic heterocycles. The standard InChI is InChI=1S/C14H12.21Y/c1-11-6-8-13(9-7-11)14-5-3-4-12(2)10-14;;;;;;;;;;;;;;;;;;;;;/h3-4,6-8,10H,1-2H3;;;;;;;;;;;;;;;;;;;;;/q-2;;;;;;;;;;;;;;;;;;;;;. The topological polar surface area (TPSA) is 0 Å². The van der Waals surface area contributed by atoms with Crippen molar-refractivity contribution < 1.29 is 687 Å². The van der Waals surface area contributed by atoms with Gasteiger partial charge in [-0.2, -0.15) is 42.5 Å². The van der Waals surface area contributed by atoms with Crippen LogP contribution in [0.3, 0.4) is 0 Å². The van der Waals surface area contributed by atoms with Gasteiger partial charge >= 0.3 is 0 Å². The molecule has 0 heterocycles. The summed E-state index contributed by atoms with van der Waals surface area (Å²) in [5, 5.41) is 0. The van der Waals surface area contributed by atoms with E-state index in [4.69, 9.17) is 0 Å². The van der Waals surface area contributed by atoms with Crippen LogP contribution in [0.4, 0.5) is 0 Å². The summed E-state index contributed by atoms with van der Waals surface area (Å²) < 4.78 is 0. The predicted molar refractivity (Wildman–Crippen MR) is 59.0 cm³/mol. The Morgan fingerprint density at radius 3 is 0.971 bits per heavy atom.